The predicted octanol–water partition coefficient (Wildman–Crippen LogP) is 4.39. The van der Waals surface area contributed by atoms with Crippen molar-refractivity contribution in [3.63, 3.8) is 0 Å². The molecule has 1 amide bonds. The van der Waals surface area contributed by atoms with E-state index in [-0.39, 0.29) is 5.91 Å². The topological polar surface area (TPSA) is 20.3 Å². The first kappa shape index (κ1) is 14.9. The summed E-state index contributed by atoms with van der Waals surface area (Å²) in [7, 11) is 0. The highest BCUT2D eigenvalue weighted by atomic mass is 79.9. The van der Waals surface area contributed by atoms with Gasteiger partial charge in [0.15, 0.2) is 0 Å². The molecule has 0 saturated carbocycles. The number of amides is 1. The highest BCUT2D eigenvalue weighted by Gasteiger charge is 2.31. The molecule has 1 fully saturated rings. The number of piperidine rings is 1. The van der Waals surface area contributed by atoms with Gasteiger partial charge in [0, 0.05) is 22.5 Å². The Bertz CT molecular complexity index is 481. The number of likely N-dealkylation sites (tertiary alicyclic amines) is 1. The molecular formula is C15H20BrNOS. The molecular weight excluding hydrogens is 322 g/mol. The molecule has 0 N–H and O–H groups in total. The van der Waals surface area contributed by atoms with Crippen LogP contribution >= 0.6 is 28.6 Å². The number of carbonyl (C=O) groups is 1. The van der Waals surface area contributed by atoms with E-state index >= 15 is 0 Å². The van der Waals surface area contributed by atoms with Gasteiger partial charge in [0.25, 0.3) is 5.91 Å². The van der Waals surface area contributed by atoms with Crippen molar-refractivity contribution in [2.75, 3.05) is 13.1 Å². The largest absolute Gasteiger partial charge is 0.339 e. The van der Waals surface area contributed by atoms with Crippen molar-refractivity contribution in [1.29, 1.82) is 0 Å². The number of benzene rings is 1. The summed E-state index contributed by atoms with van der Waals surface area (Å²) in [6.45, 7) is 6.26. The van der Waals surface area contributed by atoms with Gasteiger partial charge in [0.05, 0.1) is 5.56 Å². The van der Waals surface area contributed by atoms with Gasteiger partial charge in [-0.25, -0.2) is 0 Å². The Morgan fingerprint density at radius 3 is 2.58 bits per heavy atom. The smallest absolute Gasteiger partial charge is 0.254 e. The molecule has 0 atom stereocenters. The summed E-state index contributed by atoms with van der Waals surface area (Å²) < 4.78 is 0.950. The van der Waals surface area contributed by atoms with Crippen LogP contribution in [0.1, 0.15) is 43.5 Å². The predicted molar refractivity (Wildman–Crippen MR) is 84.9 cm³/mol. The second-order valence-corrected chi connectivity index (χ2v) is 7.02. The molecule has 1 aliphatic heterocycles. The fourth-order valence-corrected chi connectivity index (χ4v) is 3.31. The average molecular weight is 342 g/mol. The Kier molecular flexibility index (Phi) is 4.62. The second kappa shape index (κ2) is 5.88. The van der Waals surface area contributed by atoms with Gasteiger partial charge in [0.2, 0.25) is 0 Å². The van der Waals surface area contributed by atoms with Crippen molar-refractivity contribution in [1.82, 2.24) is 4.90 Å². The van der Waals surface area contributed by atoms with Gasteiger partial charge >= 0.3 is 0 Å². The minimum atomic E-state index is 0.107. The number of hydrogen-bond donors (Lipinski definition) is 1. The van der Waals surface area contributed by atoms with Gasteiger partial charge in [-0.15, -0.1) is 12.6 Å². The Morgan fingerprint density at radius 2 is 2.05 bits per heavy atom. The van der Waals surface area contributed by atoms with E-state index in [1.807, 2.05) is 23.1 Å². The summed E-state index contributed by atoms with van der Waals surface area (Å²) in [5.74, 6) is 0.107. The summed E-state index contributed by atoms with van der Waals surface area (Å²) in [6.07, 6.45) is 3.37. The molecule has 4 heteroatoms. The molecule has 104 valence electrons. The Hall–Kier alpha value is -0.480. The maximum Gasteiger partial charge on any atom is 0.254 e. The summed E-state index contributed by atoms with van der Waals surface area (Å²) in [5.41, 5.74) is 1.10. The third-order valence-electron chi connectivity index (χ3n) is 4.30. The van der Waals surface area contributed by atoms with Crippen LogP contribution in [0.5, 0.6) is 0 Å². The van der Waals surface area contributed by atoms with Gasteiger partial charge in [-0.2, -0.15) is 0 Å². The molecule has 0 aliphatic carbocycles. The van der Waals surface area contributed by atoms with Crippen molar-refractivity contribution >= 4 is 34.5 Å². The van der Waals surface area contributed by atoms with E-state index in [0.29, 0.717) is 11.0 Å². The van der Waals surface area contributed by atoms with Crippen molar-refractivity contribution in [3.05, 3.63) is 28.2 Å². The monoisotopic (exact) mass is 341 g/mol. The van der Waals surface area contributed by atoms with E-state index in [2.05, 4.69) is 42.4 Å². The zero-order valence-corrected chi connectivity index (χ0v) is 13.9. The molecule has 2 rings (SSSR count). The van der Waals surface area contributed by atoms with Crippen LogP contribution in [-0.4, -0.2) is 23.9 Å². The number of rotatable bonds is 2. The molecule has 0 bridgehead atoms. The maximum absolute atomic E-state index is 12.5. The first-order valence-corrected chi connectivity index (χ1v) is 7.97. The van der Waals surface area contributed by atoms with Gasteiger partial charge in [-0.1, -0.05) is 36.2 Å². The number of carbonyl (C=O) groups excluding carboxylic acids is 1. The number of thiol groups is 1. The number of halogens is 1. The lowest BCUT2D eigenvalue weighted by Crippen LogP contribution is -2.42. The summed E-state index contributed by atoms with van der Waals surface area (Å²) >= 11 is 7.79. The fourth-order valence-electron chi connectivity index (χ4n) is 2.46. The molecule has 0 unspecified atom stereocenters. The second-order valence-electron chi connectivity index (χ2n) is 5.62. The number of hydrogen-bond acceptors (Lipinski definition) is 2. The molecule has 1 aromatic carbocycles. The van der Waals surface area contributed by atoms with Crippen LogP contribution in [0.25, 0.3) is 0 Å². The summed E-state index contributed by atoms with van der Waals surface area (Å²) in [6, 6.07) is 5.62. The van der Waals surface area contributed by atoms with Crippen LogP contribution in [0.4, 0.5) is 0 Å². The molecule has 19 heavy (non-hydrogen) atoms. The highest BCUT2D eigenvalue weighted by molar-refractivity contribution is 9.10. The molecule has 1 heterocycles. The molecule has 2 nitrogen and oxygen atoms in total. The van der Waals surface area contributed by atoms with E-state index in [0.717, 1.165) is 35.3 Å². The highest BCUT2D eigenvalue weighted by Crippen LogP contribution is 2.34. The van der Waals surface area contributed by atoms with E-state index in [1.54, 1.807) is 0 Å². The van der Waals surface area contributed by atoms with Crippen LogP contribution in [-0.2, 0) is 0 Å². The van der Waals surface area contributed by atoms with Gasteiger partial charge in [-0.05, 0) is 36.5 Å². The quantitative estimate of drug-likeness (QED) is 0.791. The van der Waals surface area contributed by atoms with Crippen molar-refractivity contribution in [2.45, 2.75) is 38.0 Å². The average Bonchev–Trinajstić information content (AvgIpc) is 2.39. The maximum atomic E-state index is 12.5. The third-order valence-corrected chi connectivity index (χ3v) is 5.16. The molecule has 1 aliphatic rings. The standard InChI is InChI=1S/C15H20BrNOS/c1-3-15(2)6-8-17(9-7-15)14(18)12-5-4-11(16)10-13(12)19/h4-5,10,19H,3,6-9H2,1-2H3. The Balaban J connectivity index is 2.09. The first-order valence-electron chi connectivity index (χ1n) is 6.73. The summed E-state index contributed by atoms with van der Waals surface area (Å²) in [5, 5.41) is 0. The minimum absolute atomic E-state index is 0.107. The molecule has 0 radical (unpaired) electrons. The summed E-state index contributed by atoms with van der Waals surface area (Å²) in [4.78, 5) is 15.2. The van der Waals surface area contributed by atoms with Gasteiger partial charge in [0.1, 0.15) is 0 Å². The lowest BCUT2D eigenvalue weighted by molar-refractivity contribution is 0.0597. The fraction of sp³-hybridized carbons (Fsp3) is 0.533. The molecule has 1 aromatic rings. The SMILES string of the molecule is CCC1(C)CCN(C(=O)c2ccc(Br)cc2S)CC1. The zero-order valence-electron chi connectivity index (χ0n) is 11.4. The van der Waals surface area contributed by atoms with E-state index < -0.39 is 0 Å². The van der Waals surface area contributed by atoms with Gasteiger partial charge in [-0.3, -0.25) is 4.79 Å². The van der Waals surface area contributed by atoms with Crippen LogP contribution in [0.2, 0.25) is 0 Å². The molecule has 0 spiro atoms. The minimum Gasteiger partial charge on any atom is -0.339 e. The van der Waals surface area contributed by atoms with Crippen LogP contribution in [0.15, 0.2) is 27.6 Å². The third kappa shape index (κ3) is 3.34. The first-order chi connectivity index (χ1) is 8.95. The number of nitrogens with zero attached hydrogens (tertiary/aromatic N) is 1. The Morgan fingerprint density at radius 1 is 1.42 bits per heavy atom. The van der Waals surface area contributed by atoms with Crippen molar-refractivity contribution in [2.24, 2.45) is 5.41 Å². The van der Waals surface area contributed by atoms with E-state index in [9.17, 15) is 4.79 Å². The van der Waals surface area contributed by atoms with Crippen LogP contribution in [0, 0.1) is 5.41 Å². The van der Waals surface area contributed by atoms with Crippen molar-refractivity contribution < 1.29 is 4.79 Å². The molecule has 1 saturated heterocycles. The van der Waals surface area contributed by atoms with E-state index in [4.69, 9.17) is 0 Å². The lowest BCUT2D eigenvalue weighted by Gasteiger charge is -2.39. The van der Waals surface area contributed by atoms with Gasteiger partial charge < -0.3 is 4.90 Å². The van der Waals surface area contributed by atoms with Crippen molar-refractivity contribution in [3.8, 4) is 0 Å². The normalized spacial score (nSPS) is 18.4. The lowest BCUT2D eigenvalue weighted by atomic mass is 9.78. The van der Waals surface area contributed by atoms with E-state index in [1.165, 1.54) is 6.42 Å². The van der Waals surface area contributed by atoms with Crippen LogP contribution in [0.3, 0.4) is 0 Å². The molecule has 0 aromatic heterocycles. The Labute approximate surface area is 129 Å². The zero-order chi connectivity index (χ0) is 14.0. The van der Waals surface area contributed by atoms with Crippen LogP contribution < -0.4 is 0 Å².